The van der Waals surface area contributed by atoms with Crippen molar-refractivity contribution in [1.82, 2.24) is 5.32 Å². The first kappa shape index (κ1) is 16.4. The van der Waals surface area contributed by atoms with Gasteiger partial charge in [-0.2, -0.15) is 0 Å². The first-order valence-electron chi connectivity index (χ1n) is 5.22. The second-order valence-corrected chi connectivity index (χ2v) is 5.18. The van der Waals surface area contributed by atoms with Gasteiger partial charge in [0.1, 0.15) is 5.60 Å². The quantitative estimate of drug-likeness (QED) is 0.768. The molecule has 3 N–H and O–H groups in total. The van der Waals surface area contributed by atoms with Gasteiger partial charge in [-0.3, -0.25) is 0 Å². The summed E-state index contributed by atoms with van der Waals surface area (Å²) in [4.78, 5) is 11.3. The Bertz CT molecular complexity index is 282. The molecule has 1 saturated carbocycles. The zero-order valence-corrected chi connectivity index (χ0v) is 10.9. The third-order valence-corrected chi connectivity index (χ3v) is 2.27. The fourth-order valence-electron chi connectivity index (χ4n) is 1.66. The molecule has 0 bridgehead atoms. The fraction of sp³-hybridized carbons (Fsp3) is 0.900. The lowest BCUT2D eigenvalue weighted by atomic mass is 10.2. The van der Waals surface area contributed by atoms with Gasteiger partial charge in [0.25, 0.3) is 5.92 Å². The van der Waals surface area contributed by atoms with Crippen LogP contribution in [0.25, 0.3) is 0 Å². The maximum absolute atomic E-state index is 13.0. The number of halogens is 3. The van der Waals surface area contributed by atoms with E-state index in [0.29, 0.717) is 0 Å². The van der Waals surface area contributed by atoms with Crippen LogP contribution in [0.5, 0.6) is 0 Å². The first-order valence-corrected chi connectivity index (χ1v) is 5.22. The van der Waals surface area contributed by atoms with Crippen molar-refractivity contribution < 1.29 is 18.3 Å². The number of hydrogen-bond acceptors (Lipinski definition) is 3. The number of ether oxygens (including phenoxy) is 1. The summed E-state index contributed by atoms with van der Waals surface area (Å²) in [5.41, 5.74) is 4.87. The molecule has 1 aliphatic rings. The van der Waals surface area contributed by atoms with Crippen molar-refractivity contribution in [2.75, 3.05) is 0 Å². The van der Waals surface area contributed by atoms with Gasteiger partial charge in [0.2, 0.25) is 0 Å². The van der Waals surface area contributed by atoms with E-state index in [-0.39, 0.29) is 12.4 Å². The molecule has 2 atom stereocenters. The monoisotopic (exact) mass is 272 g/mol. The molecule has 0 aliphatic heterocycles. The second-order valence-electron chi connectivity index (χ2n) is 5.18. The predicted octanol–water partition coefficient (Wildman–Crippen LogP) is 2.06. The largest absolute Gasteiger partial charge is 0.444 e. The van der Waals surface area contributed by atoms with Crippen molar-refractivity contribution in [3.8, 4) is 0 Å². The summed E-state index contributed by atoms with van der Waals surface area (Å²) < 4.78 is 30.9. The molecule has 1 fully saturated rings. The van der Waals surface area contributed by atoms with Crippen molar-refractivity contribution in [2.24, 2.45) is 5.73 Å². The topological polar surface area (TPSA) is 64.3 Å². The molecular formula is C10H19ClF2N2O2. The molecule has 0 aromatic carbocycles. The van der Waals surface area contributed by atoms with Crippen LogP contribution in [-0.4, -0.2) is 29.7 Å². The Hall–Kier alpha value is -0.620. The molecule has 0 aromatic rings. The summed E-state index contributed by atoms with van der Waals surface area (Å²) in [6, 6.07) is -1.44. The highest BCUT2D eigenvalue weighted by Crippen LogP contribution is 2.34. The van der Waals surface area contributed by atoms with Gasteiger partial charge in [-0.25, -0.2) is 13.6 Å². The van der Waals surface area contributed by atoms with Gasteiger partial charge >= 0.3 is 6.09 Å². The molecule has 17 heavy (non-hydrogen) atoms. The summed E-state index contributed by atoms with van der Waals surface area (Å²) in [7, 11) is 0. The van der Waals surface area contributed by atoms with Crippen molar-refractivity contribution in [2.45, 2.75) is 57.2 Å². The van der Waals surface area contributed by atoms with Crippen LogP contribution in [0.4, 0.5) is 13.6 Å². The number of amides is 1. The van der Waals surface area contributed by atoms with E-state index in [1.165, 1.54) is 0 Å². The van der Waals surface area contributed by atoms with Crippen molar-refractivity contribution in [3.05, 3.63) is 0 Å². The van der Waals surface area contributed by atoms with Crippen LogP contribution in [0.1, 0.15) is 33.6 Å². The third-order valence-electron chi connectivity index (χ3n) is 2.27. The van der Waals surface area contributed by atoms with Gasteiger partial charge in [-0.15, -0.1) is 12.4 Å². The van der Waals surface area contributed by atoms with Gasteiger partial charge in [-0.1, -0.05) is 0 Å². The van der Waals surface area contributed by atoms with Crippen LogP contribution in [0.15, 0.2) is 0 Å². The predicted molar refractivity (Wildman–Crippen MR) is 62.6 cm³/mol. The van der Waals surface area contributed by atoms with E-state index in [1.54, 1.807) is 20.8 Å². The van der Waals surface area contributed by atoms with E-state index in [1.807, 2.05) is 0 Å². The average molecular weight is 273 g/mol. The molecule has 7 heteroatoms. The highest BCUT2D eigenvalue weighted by molar-refractivity contribution is 5.85. The molecule has 0 spiro atoms. The third kappa shape index (κ3) is 5.50. The van der Waals surface area contributed by atoms with Gasteiger partial charge < -0.3 is 15.8 Å². The highest BCUT2D eigenvalue weighted by atomic mass is 35.5. The smallest absolute Gasteiger partial charge is 0.407 e. The van der Waals surface area contributed by atoms with E-state index in [9.17, 15) is 13.6 Å². The molecule has 0 heterocycles. The Kier molecular flexibility index (Phi) is 5.16. The molecular weight excluding hydrogens is 254 g/mol. The summed E-state index contributed by atoms with van der Waals surface area (Å²) in [5, 5.41) is 2.37. The maximum atomic E-state index is 13.0. The Morgan fingerprint density at radius 3 is 2.29 bits per heavy atom. The molecule has 0 radical (unpaired) electrons. The van der Waals surface area contributed by atoms with Crippen LogP contribution in [0.2, 0.25) is 0 Å². The maximum Gasteiger partial charge on any atom is 0.407 e. The number of carbonyl (C=O) groups excluding carboxylic acids is 1. The van der Waals surface area contributed by atoms with Crippen molar-refractivity contribution in [1.29, 1.82) is 0 Å². The second kappa shape index (κ2) is 5.35. The number of nitrogens with two attached hydrogens (primary N) is 1. The lowest BCUT2D eigenvalue weighted by molar-refractivity contribution is 0.00532. The molecule has 0 saturated heterocycles. The van der Waals surface area contributed by atoms with E-state index in [0.717, 1.165) is 0 Å². The molecule has 1 aliphatic carbocycles. The molecule has 4 nitrogen and oxygen atoms in total. The lowest BCUT2D eigenvalue weighted by Crippen LogP contribution is -2.45. The molecule has 0 aromatic heterocycles. The molecule has 2 unspecified atom stereocenters. The number of alkyl halides is 2. The van der Waals surface area contributed by atoms with Gasteiger partial charge in [-0.05, 0) is 20.8 Å². The minimum atomic E-state index is -2.79. The van der Waals surface area contributed by atoms with Crippen LogP contribution in [-0.2, 0) is 4.74 Å². The number of nitrogens with one attached hydrogen (secondary N) is 1. The van der Waals surface area contributed by atoms with Crippen LogP contribution in [0.3, 0.4) is 0 Å². The Morgan fingerprint density at radius 2 is 1.94 bits per heavy atom. The van der Waals surface area contributed by atoms with Gasteiger partial charge in [0.15, 0.2) is 0 Å². The summed E-state index contributed by atoms with van der Waals surface area (Å²) >= 11 is 0. The average Bonchev–Trinajstić information content (AvgIpc) is 2.19. The van der Waals surface area contributed by atoms with Gasteiger partial charge in [0, 0.05) is 18.9 Å². The Labute approximate surface area is 106 Å². The zero-order valence-electron chi connectivity index (χ0n) is 10.1. The van der Waals surface area contributed by atoms with E-state index in [4.69, 9.17) is 10.5 Å². The lowest BCUT2D eigenvalue weighted by Gasteiger charge is -2.23. The van der Waals surface area contributed by atoms with E-state index in [2.05, 4.69) is 5.32 Å². The highest BCUT2D eigenvalue weighted by Gasteiger charge is 2.45. The number of hydrogen-bond donors (Lipinski definition) is 2. The standard InChI is InChI=1S/C10H18F2N2O2.ClH/c1-9(2,3)16-8(15)14-7-5-10(11,12)4-6(7)13;/h6-7H,4-5,13H2,1-3H3,(H,14,15);1H. The number of carbonyl (C=O) groups is 1. The Balaban J connectivity index is 0.00000256. The van der Waals surface area contributed by atoms with E-state index >= 15 is 0 Å². The van der Waals surface area contributed by atoms with Crippen molar-refractivity contribution >= 4 is 18.5 Å². The number of rotatable bonds is 1. The summed E-state index contributed by atoms with van der Waals surface area (Å²) in [6.07, 6.45) is -1.52. The minimum absolute atomic E-state index is 0. The van der Waals surface area contributed by atoms with Crippen LogP contribution >= 0.6 is 12.4 Å². The van der Waals surface area contributed by atoms with E-state index < -0.39 is 42.5 Å². The SMILES string of the molecule is CC(C)(C)OC(=O)NC1CC(F)(F)CC1N.Cl. The molecule has 1 rings (SSSR count). The summed E-state index contributed by atoms with van der Waals surface area (Å²) in [6.45, 7) is 5.11. The Morgan fingerprint density at radius 1 is 1.41 bits per heavy atom. The first-order chi connectivity index (χ1) is 7.09. The van der Waals surface area contributed by atoms with Crippen LogP contribution in [0, 0.1) is 0 Å². The number of alkyl carbamates (subject to hydrolysis) is 1. The van der Waals surface area contributed by atoms with Gasteiger partial charge in [0.05, 0.1) is 6.04 Å². The zero-order chi connectivity index (χ0) is 12.6. The van der Waals surface area contributed by atoms with Crippen LogP contribution < -0.4 is 11.1 Å². The minimum Gasteiger partial charge on any atom is -0.444 e. The normalized spacial score (nSPS) is 27.2. The molecule has 102 valence electrons. The van der Waals surface area contributed by atoms with Crippen molar-refractivity contribution in [3.63, 3.8) is 0 Å². The fourth-order valence-corrected chi connectivity index (χ4v) is 1.66. The molecule has 1 amide bonds. The summed E-state index contributed by atoms with van der Waals surface area (Å²) in [5.74, 6) is -2.79.